The minimum Gasteiger partial charge on any atom is -0.345 e. The average Bonchev–Trinajstić information content (AvgIpc) is 2.98. The smallest absolute Gasteiger partial charge is 0.169 e. The maximum absolute atomic E-state index is 11.3. The van der Waals surface area contributed by atoms with Crippen molar-refractivity contribution in [2.24, 2.45) is 0 Å². The second-order valence-electron chi connectivity index (χ2n) is 5.12. The van der Waals surface area contributed by atoms with E-state index >= 15 is 0 Å². The molecule has 0 saturated carbocycles. The lowest BCUT2D eigenvalue weighted by Gasteiger charge is -2.01. The van der Waals surface area contributed by atoms with Crippen molar-refractivity contribution >= 4 is 16.9 Å². The summed E-state index contributed by atoms with van der Waals surface area (Å²) in [6, 6.07) is 11.7. The van der Waals surface area contributed by atoms with E-state index < -0.39 is 0 Å². The Balaban J connectivity index is 2.00. The highest BCUT2D eigenvalue weighted by Crippen LogP contribution is 2.21. The number of fused-ring (bicyclic) bond motifs is 1. The van der Waals surface area contributed by atoms with Crippen molar-refractivity contribution in [3.8, 4) is 17.3 Å². The third-order valence-electron chi connectivity index (χ3n) is 3.56. The van der Waals surface area contributed by atoms with E-state index in [2.05, 4.69) is 15.0 Å². The fraction of sp³-hybridized carbons (Fsp3) is 0.111. The van der Waals surface area contributed by atoms with Gasteiger partial charge in [-0.2, -0.15) is 5.26 Å². The Morgan fingerprint density at radius 2 is 2.13 bits per heavy atom. The summed E-state index contributed by atoms with van der Waals surface area (Å²) in [4.78, 5) is 23.4. The molecule has 1 N–H and O–H groups in total. The number of aromatic nitrogens is 3. The predicted molar refractivity (Wildman–Crippen MR) is 87.4 cm³/mol. The number of nitrogens with one attached hydrogen (secondary N) is 1. The monoisotopic (exact) mass is 302 g/mol. The molecular formula is C18H14N4O. The highest BCUT2D eigenvalue weighted by molar-refractivity contribution is 5.97. The summed E-state index contributed by atoms with van der Waals surface area (Å²) in [6.45, 7) is 1.39. The Kier molecular flexibility index (Phi) is 3.98. The Labute approximate surface area is 133 Å². The van der Waals surface area contributed by atoms with E-state index in [0.717, 1.165) is 22.3 Å². The van der Waals surface area contributed by atoms with Crippen LogP contribution in [0.15, 0.2) is 54.4 Å². The van der Waals surface area contributed by atoms with Gasteiger partial charge in [0.05, 0.1) is 17.5 Å². The van der Waals surface area contributed by atoms with Crippen LogP contribution in [-0.2, 0) is 11.2 Å². The summed E-state index contributed by atoms with van der Waals surface area (Å²) in [5.41, 5.74) is 4.28. The summed E-state index contributed by atoms with van der Waals surface area (Å²) in [6.07, 6.45) is 5.62. The van der Waals surface area contributed by atoms with Crippen molar-refractivity contribution in [3.63, 3.8) is 0 Å². The van der Waals surface area contributed by atoms with E-state index in [1.54, 1.807) is 12.3 Å². The zero-order valence-corrected chi connectivity index (χ0v) is 12.6. The van der Waals surface area contributed by atoms with Gasteiger partial charge in [0, 0.05) is 17.3 Å². The highest BCUT2D eigenvalue weighted by Gasteiger charge is 2.09. The van der Waals surface area contributed by atoms with Crippen LogP contribution in [-0.4, -0.2) is 20.7 Å². The first-order chi connectivity index (χ1) is 11.2. The Bertz CT molecular complexity index is 933. The van der Waals surface area contributed by atoms with Gasteiger partial charge in [-0.05, 0) is 13.3 Å². The molecule has 23 heavy (non-hydrogen) atoms. The average molecular weight is 302 g/mol. The van der Waals surface area contributed by atoms with E-state index in [1.165, 1.54) is 6.92 Å². The van der Waals surface area contributed by atoms with Crippen molar-refractivity contribution in [2.45, 2.75) is 13.3 Å². The SMILES string of the molecule is CC(=O)/C(C#N)=C/Cc1c[nH]c2ncc(-c3ccccc3)nc12. The molecule has 5 nitrogen and oxygen atoms in total. The first-order valence-electron chi connectivity index (χ1n) is 7.18. The summed E-state index contributed by atoms with van der Waals surface area (Å²) >= 11 is 0. The van der Waals surface area contributed by atoms with E-state index in [0.29, 0.717) is 12.1 Å². The minimum absolute atomic E-state index is 0.159. The summed E-state index contributed by atoms with van der Waals surface area (Å²) in [5, 5.41) is 8.96. The highest BCUT2D eigenvalue weighted by atomic mass is 16.1. The first kappa shape index (κ1) is 14.7. The predicted octanol–water partition coefficient (Wildman–Crippen LogP) is 3.21. The van der Waals surface area contributed by atoms with Crippen molar-refractivity contribution in [1.29, 1.82) is 5.26 Å². The minimum atomic E-state index is -0.233. The zero-order valence-electron chi connectivity index (χ0n) is 12.6. The van der Waals surface area contributed by atoms with Gasteiger partial charge in [-0.25, -0.2) is 9.97 Å². The Morgan fingerprint density at radius 1 is 1.35 bits per heavy atom. The quantitative estimate of drug-likeness (QED) is 0.592. The number of ketones is 1. The van der Waals surface area contributed by atoms with Gasteiger partial charge in [0.1, 0.15) is 11.6 Å². The molecule has 0 bridgehead atoms. The van der Waals surface area contributed by atoms with Gasteiger partial charge in [0.25, 0.3) is 0 Å². The number of hydrogen-bond donors (Lipinski definition) is 1. The molecule has 0 aliphatic heterocycles. The molecule has 0 amide bonds. The van der Waals surface area contributed by atoms with Gasteiger partial charge in [0.2, 0.25) is 0 Å². The zero-order chi connectivity index (χ0) is 16.2. The molecule has 3 rings (SSSR count). The van der Waals surface area contributed by atoms with Crippen molar-refractivity contribution in [2.75, 3.05) is 0 Å². The molecule has 5 heteroatoms. The number of rotatable bonds is 4. The molecule has 0 spiro atoms. The molecule has 112 valence electrons. The van der Waals surface area contributed by atoms with Gasteiger partial charge >= 0.3 is 0 Å². The molecule has 0 aliphatic rings. The number of H-pyrrole nitrogens is 1. The van der Waals surface area contributed by atoms with Gasteiger partial charge in [-0.1, -0.05) is 36.4 Å². The molecule has 0 atom stereocenters. The van der Waals surface area contributed by atoms with Gasteiger partial charge in [0.15, 0.2) is 11.4 Å². The number of aromatic amines is 1. The van der Waals surface area contributed by atoms with Crippen LogP contribution in [0.4, 0.5) is 0 Å². The van der Waals surface area contributed by atoms with E-state index in [-0.39, 0.29) is 11.4 Å². The molecule has 2 aromatic heterocycles. The molecule has 3 aromatic rings. The normalized spacial score (nSPS) is 11.4. The lowest BCUT2D eigenvalue weighted by atomic mass is 10.1. The fourth-order valence-electron chi connectivity index (χ4n) is 2.33. The largest absolute Gasteiger partial charge is 0.345 e. The number of allylic oxidation sites excluding steroid dienone is 2. The molecule has 0 radical (unpaired) electrons. The molecule has 2 heterocycles. The third-order valence-corrected chi connectivity index (χ3v) is 3.56. The number of nitriles is 1. The van der Waals surface area contributed by atoms with Gasteiger partial charge in [-0.15, -0.1) is 0 Å². The summed E-state index contributed by atoms with van der Waals surface area (Å²) in [7, 11) is 0. The van der Waals surface area contributed by atoms with Crippen LogP contribution in [0.25, 0.3) is 22.4 Å². The van der Waals surface area contributed by atoms with Crippen LogP contribution in [0, 0.1) is 11.3 Å². The number of nitrogens with zero attached hydrogens (tertiary/aromatic N) is 3. The molecule has 1 aromatic carbocycles. The topological polar surface area (TPSA) is 82.4 Å². The molecule has 0 unspecified atom stereocenters. The van der Waals surface area contributed by atoms with Crippen LogP contribution >= 0.6 is 0 Å². The number of benzene rings is 1. The molecule has 0 fully saturated rings. The second kappa shape index (κ2) is 6.24. The van der Waals surface area contributed by atoms with Gasteiger partial charge < -0.3 is 4.98 Å². The summed E-state index contributed by atoms with van der Waals surface area (Å²) in [5.74, 6) is -0.233. The van der Waals surface area contributed by atoms with Crippen LogP contribution in [0.5, 0.6) is 0 Å². The maximum Gasteiger partial charge on any atom is 0.169 e. The van der Waals surface area contributed by atoms with Crippen LogP contribution in [0.2, 0.25) is 0 Å². The van der Waals surface area contributed by atoms with E-state index in [4.69, 9.17) is 5.26 Å². The van der Waals surface area contributed by atoms with Crippen LogP contribution in [0.1, 0.15) is 12.5 Å². The maximum atomic E-state index is 11.3. The Morgan fingerprint density at radius 3 is 2.83 bits per heavy atom. The first-order valence-corrected chi connectivity index (χ1v) is 7.18. The van der Waals surface area contributed by atoms with Crippen LogP contribution < -0.4 is 0 Å². The number of carbonyl (C=O) groups is 1. The number of hydrogen-bond acceptors (Lipinski definition) is 4. The summed E-state index contributed by atoms with van der Waals surface area (Å²) < 4.78 is 0. The van der Waals surface area contributed by atoms with E-state index in [1.807, 2.05) is 42.6 Å². The fourth-order valence-corrected chi connectivity index (χ4v) is 2.33. The van der Waals surface area contributed by atoms with E-state index in [9.17, 15) is 4.79 Å². The lowest BCUT2D eigenvalue weighted by Crippen LogP contribution is -1.95. The van der Waals surface area contributed by atoms with Crippen molar-refractivity contribution in [1.82, 2.24) is 15.0 Å². The Hall–Kier alpha value is -3.26. The number of Topliss-reactive ketones (excluding diaryl/α,β-unsaturated/α-hetero) is 1. The van der Waals surface area contributed by atoms with Crippen molar-refractivity contribution in [3.05, 3.63) is 59.9 Å². The second-order valence-corrected chi connectivity index (χ2v) is 5.12. The molecule has 0 aliphatic carbocycles. The molecular weight excluding hydrogens is 288 g/mol. The number of carbonyl (C=O) groups excluding carboxylic acids is 1. The van der Waals surface area contributed by atoms with Crippen LogP contribution in [0.3, 0.4) is 0 Å². The van der Waals surface area contributed by atoms with Gasteiger partial charge in [-0.3, -0.25) is 4.79 Å². The standard InChI is InChI=1S/C18H14N4O/c1-12(23)14(9-19)7-8-15-10-20-18-17(15)22-16(11-21-18)13-5-3-2-4-6-13/h2-7,10-11H,8H2,1H3,(H,20,21)/b14-7+. The van der Waals surface area contributed by atoms with Crippen molar-refractivity contribution < 1.29 is 4.79 Å². The third kappa shape index (κ3) is 3.01. The molecule has 0 saturated heterocycles. The lowest BCUT2D eigenvalue weighted by molar-refractivity contribution is -0.113.